The van der Waals surface area contributed by atoms with Crippen molar-refractivity contribution in [2.24, 2.45) is 12.8 Å². The molecule has 0 aliphatic carbocycles. The molecule has 0 bridgehead atoms. The van der Waals surface area contributed by atoms with Crippen LogP contribution in [0.1, 0.15) is 5.69 Å². The first-order valence-electron chi connectivity index (χ1n) is 4.72. The van der Waals surface area contributed by atoms with Crippen molar-refractivity contribution in [3.63, 3.8) is 0 Å². The summed E-state index contributed by atoms with van der Waals surface area (Å²) in [7, 11) is 1.91. The van der Waals surface area contributed by atoms with Crippen molar-refractivity contribution in [2.75, 3.05) is 0 Å². The Hall–Kier alpha value is -2.35. The molecule has 0 radical (unpaired) electrons. The molecule has 80 valence electrons. The van der Waals surface area contributed by atoms with Gasteiger partial charge in [-0.15, -0.1) is 0 Å². The van der Waals surface area contributed by atoms with Crippen LogP contribution in [0.5, 0.6) is 0 Å². The second-order valence-corrected chi connectivity index (χ2v) is 3.34. The van der Waals surface area contributed by atoms with Crippen LogP contribution >= 0.6 is 0 Å². The zero-order valence-corrected chi connectivity index (χ0v) is 8.77. The van der Waals surface area contributed by atoms with Crippen molar-refractivity contribution >= 4 is 17.1 Å². The van der Waals surface area contributed by atoms with E-state index in [0.717, 1.165) is 11.2 Å². The van der Waals surface area contributed by atoms with E-state index >= 15 is 0 Å². The predicted molar refractivity (Wildman–Crippen MR) is 59.2 cm³/mol. The molecule has 0 unspecified atom stereocenters. The number of carbonyl (C=O) groups is 1. The van der Waals surface area contributed by atoms with Crippen molar-refractivity contribution in [1.82, 2.24) is 14.5 Å². The van der Waals surface area contributed by atoms with E-state index in [-0.39, 0.29) is 0 Å². The summed E-state index contributed by atoms with van der Waals surface area (Å²) in [5, 5.41) is 0. The van der Waals surface area contributed by atoms with E-state index in [0.29, 0.717) is 12.1 Å². The number of aromatic nitrogens is 3. The summed E-state index contributed by atoms with van der Waals surface area (Å²) >= 11 is 0. The van der Waals surface area contributed by atoms with E-state index in [1.165, 1.54) is 0 Å². The SMILES string of the molecule is Cn1cnc2nc(CC#CC(N)=O)ccc21. The van der Waals surface area contributed by atoms with Gasteiger partial charge in [-0.3, -0.25) is 4.79 Å². The van der Waals surface area contributed by atoms with Crippen LogP contribution < -0.4 is 5.73 Å². The Labute approximate surface area is 92.3 Å². The lowest BCUT2D eigenvalue weighted by Gasteiger charge is -1.95. The van der Waals surface area contributed by atoms with E-state index in [1.54, 1.807) is 6.33 Å². The molecule has 2 aromatic heterocycles. The number of hydrogen-bond donors (Lipinski definition) is 1. The van der Waals surface area contributed by atoms with Gasteiger partial charge in [-0.1, -0.05) is 5.92 Å². The van der Waals surface area contributed by atoms with E-state index < -0.39 is 5.91 Å². The highest BCUT2D eigenvalue weighted by molar-refractivity contribution is 5.91. The molecular weight excluding hydrogens is 204 g/mol. The van der Waals surface area contributed by atoms with Gasteiger partial charge >= 0.3 is 0 Å². The lowest BCUT2D eigenvalue weighted by molar-refractivity contribution is -0.112. The van der Waals surface area contributed by atoms with Crippen molar-refractivity contribution in [3.05, 3.63) is 24.2 Å². The Kier molecular flexibility index (Phi) is 2.56. The number of fused-ring (bicyclic) bond motifs is 1. The first-order chi connectivity index (χ1) is 7.66. The molecule has 1 amide bonds. The highest BCUT2D eigenvalue weighted by Crippen LogP contribution is 2.09. The molecule has 0 aromatic carbocycles. The van der Waals surface area contributed by atoms with Gasteiger partial charge in [-0.05, 0) is 18.1 Å². The first kappa shape index (κ1) is 10.2. The standard InChI is InChI=1S/C11H10N4O/c1-15-7-13-11-9(15)6-5-8(14-11)3-2-4-10(12)16/h5-7H,3H2,1H3,(H2,12,16). The fraction of sp³-hybridized carbons (Fsp3) is 0.182. The fourth-order valence-electron chi connectivity index (χ4n) is 1.37. The van der Waals surface area contributed by atoms with Gasteiger partial charge in [0.15, 0.2) is 5.65 Å². The molecule has 2 rings (SSSR count). The highest BCUT2D eigenvalue weighted by atomic mass is 16.1. The molecule has 2 N–H and O–H groups in total. The molecule has 0 aliphatic rings. The molecule has 0 aliphatic heterocycles. The van der Waals surface area contributed by atoms with Crippen LogP contribution in [0.25, 0.3) is 11.2 Å². The third kappa shape index (κ3) is 2.01. The lowest BCUT2D eigenvalue weighted by atomic mass is 10.2. The maximum Gasteiger partial charge on any atom is 0.293 e. The van der Waals surface area contributed by atoms with Gasteiger partial charge in [0.05, 0.1) is 24.0 Å². The summed E-state index contributed by atoms with van der Waals surface area (Å²) in [5.41, 5.74) is 7.33. The average molecular weight is 214 g/mol. The molecule has 2 aromatic rings. The minimum atomic E-state index is -0.626. The van der Waals surface area contributed by atoms with Crippen LogP contribution in [0, 0.1) is 11.8 Å². The first-order valence-corrected chi connectivity index (χ1v) is 4.72. The topological polar surface area (TPSA) is 73.8 Å². The molecule has 16 heavy (non-hydrogen) atoms. The molecular formula is C11H10N4O. The van der Waals surface area contributed by atoms with Crippen molar-refractivity contribution in [1.29, 1.82) is 0 Å². The summed E-state index contributed by atoms with van der Waals surface area (Å²) in [6, 6.07) is 3.79. The number of nitrogens with zero attached hydrogens (tertiary/aromatic N) is 3. The Morgan fingerprint density at radius 2 is 2.38 bits per heavy atom. The Bertz CT molecular complexity index is 603. The largest absolute Gasteiger partial charge is 0.359 e. The zero-order chi connectivity index (χ0) is 11.5. The van der Waals surface area contributed by atoms with Crippen LogP contribution in [-0.2, 0) is 18.3 Å². The molecule has 2 heterocycles. The van der Waals surface area contributed by atoms with Gasteiger partial charge in [-0.25, -0.2) is 9.97 Å². The third-order valence-corrected chi connectivity index (χ3v) is 2.13. The highest BCUT2D eigenvalue weighted by Gasteiger charge is 2.01. The number of imidazole rings is 1. The number of aryl methyl sites for hydroxylation is 1. The number of pyridine rings is 1. The number of carbonyl (C=O) groups excluding carboxylic acids is 1. The summed E-state index contributed by atoms with van der Waals surface area (Å²) < 4.78 is 1.89. The maximum atomic E-state index is 10.4. The Morgan fingerprint density at radius 1 is 1.56 bits per heavy atom. The average Bonchev–Trinajstić information content (AvgIpc) is 2.60. The summed E-state index contributed by atoms with van der Waals surface area (Å²) in [5.74, 6) is 4.30. The van der Waals surface area contributed by atoms with Crippen molar-refractivity contribution < 1.29 is 4.79 Å². The van der Waals surface area contributed by atoms with Gasteiger partial charge in [0.25, 0.3) is 5.91 Å². The number of amides is 1. The Morgan fingerprint density at radius 3 is 3.12 bits per heavy atom. The van der Waals surface area contributed by atoms with Gasteiger partial charge < -0.3 is 10.3 Å². The summed E-state index contributed by atoms with van der Waals surface area (Å²) in [6.07, 6.45) is 2.10. The normalized spacial score (nSPS) is 9.81. The third-order valence-electron chi connectivity index (χ3n) is 2.13. The molecule has 0 saturated carbocycles. The van der Waals surface area contributed by atoms with Gasteiger partial charge in [0, 0.05) is 7.05 Å². The van der Waals surface area contributed by atoms with Crippen LogP contribution in [0.15, 0.2) is 18.5 Å². The van der Waals surface area contributed by atoms with Crippen LogP contribution in [0.2, 0.25) is 0 Å². The van der Waals surface area contributed by atoms with E-state index in [2.05, 4.69) is 21.8 Å². The maximum absolute atomic E-state index is 10.4. The molecule has 0 spiro atoms. The Balaban J connectivity index is 2.27. The molecule has 0 saturated heterocycles. The summed E-state index contributed by atoms with van der Waals surface area (Å²) in [4.78, 5) is 18.9. The smallest absolute Gasteiger partial charge is 0.293 e. The van der Waals surface area contributed by atoms with Crippen LogP contribution in [-0.4, -0.2) is 20.4 Å². The summed E-state index contributed by atoms with van der Waals surface area (Å²) in [6.45, 7) is 0. The lowest BCUT2D eigenvalue weighted by Crippen LogP contribution is -2.06. The quantitative estimate of drug-likeness (QED) is 0.679. The molecule has 5 nitrogen and oxygen atoms in total. The molecule has 0 fully saturated rings. The van der Waals surface area contributed by atoms with Gasteiger partial charge in [0.1, 0.15) is 0 Å². The predicted octanol–water partition coefficient (Wildman–Crippen LogP) is -0.000500. The monoisotopic (exact) mass is 214 g/mol. The number of nitrogens with two attached hydrogens (primary N) is 1. The van der Waals surface area contributed by atoms with E-state index in [9.17, 15) is 4.79 Å². The van der Waals surface area contributed by atoms with E-state index in [1.807, 2.05) is 23.7 Å². The van der Waals surface area contributed by atoms with Crippen LogP contribution in [0.3, 0.4) is 0 Å². The zero-order valence-electron chi connectivity index (χ0n) is 8.77. The number of primary amides is 1. The minimum absolute atomic E-state index is 0.398. The number of hydrogen-bond acceptors (Lipinski definition) is 3. The second-order valence-electron chi connectivity index (χ2n) is 3.34. The second kappa shape index (κ2) is 4.03. The molecule has 5 heteroatoms. The van der Waals surface area contributed by atoms with Gasteiger partial charge in [-0.2, -0.15) is 0 Å². The fourth-order valence-corrected chi connectivity index (χ4v) is 1.37. The minimum Gasteiger partial charge on any atom is -0.359 e. The molecule has 0 atom stereocenters. The van der Waals surface area contributed by atoms with Gasteiger partial charge in [0.2, 0.25) is 0 Å². The number of rotatable bonds is 1. The van der Waals surface area contributed by atoms with Crippen LogP contribution in [0.4, 0.5) is 0 Å². The van der Waals surface area contributed by atoms with E-state index in [4.69, 9.17) is 5.73 Å². The van der Waals surface area contributed by atoms with Crippen molar-refractivity contribution in [2.45, 2.75) is 6.42 Å². The van der Waals surface area contributed by atoms with Crippen molar-refractivity contribution in [3.8, 4) is 11.8 Å².